The number of thioether (sulfide) groups is 1. The average Bonchev–Trinajstić information content (AvgIpc) is 2.61. The fourth-order valence-electron chi connectivity index (χ4n) is 2.27. The molecular formula is C17H22N4O3S. The lowest BCUT2D eigenvalue weighted by molar-refractivity contribution is -0.119. The van der Waals surface area contributed by atoms with Crippen molar-refractivity contribution in [3.8, 4) is 0 Å². The fraction of sp³-hybridized carbons (Fsp3) is 0.412. The van der Waals surface area contributed by atoms with Gasteiger partial charge in [0.25, 0.3) is 5.56 Å². The molecule has 25 heavy (non-hydrogen) atoms. The van der Waals surface area contributed by atoms with Crippen LogP contribution in [0.25, 0.3) is 10.9 Å². The minimum atomic E-state index is -0.583. The van der Waals surface area contributed by atoms with Crippen LogP contribution in [0.2, 0.25) is 0 Å². The average molecular weight is 362 g/mol. The summed E-state index contributed by atoms with van der Waals surface area (Å²) in [7, 11) is 1.44. The van der Waals surface area contributed by atoms with E-state index in [1.54, 1.807) is 29.7 Å². The van der Waals surface area contributed by atoms with Crippen LogP contribution in [0, 0.1) is 0 Å². The predicted molar refractivity (Wildman–Crippen MR) is 98.9 cm³/mol. The normalized spacial score (nSPS) is 13.3. The van der Waals surface area contributed by atoms with Gasteiger partial charge in [-0.3, -0.25) is 19.5 Å². The monoisotopic (exact) mass is 362 g/mol. The van der Waals surface area contributed by atoms with Gasteiger partial charge in [-0.2, -0.15) is 0 Å². The van der Waals surface area contributed by atoms with Crippen LogP contribution in [0.4, 0.5) is 4.79 Å². The lowest BCUT2D eigenvalue weighted by Crippen LogP contribution is -2.41. The Kier molecular flexibility index (Phi) is 6.19. The van der Waals surface area contributed by atoms with E-state index in [1.165, 1.54) is 7.05 Å². The van der Waals surface area contributed by atoms with Gasteiger partial charge in [0.15, 0.2) is 5.16 Å². The Labute approximate surface area is 150 Å². The van der Waals surface area contributed by atoms with Crippen LogP contribution in [-0.2, 0) is 4.79 Å². The molecule has 0 aliphatic rings. The first-order valence-electron chi connectivity index (χ1n) is 8.09. The maximum Gasteiger partial charge on any atom is 0.321 e. The Balaban J connectivity index is 2.43. The molecule has 8 heteroatoms. The number of carbonyl (C=O) groups excluding carboxylic acids is 2. The van der Waals surface area contributed by atoms with E-state index < -0.39 is 17.2 Å². The van der Waals surface area contributed by atoms with E-state index in [9.17, 15) is 14.4 Å². The van der Waals surface area contributed by atoms with E-state index in [-0.39, 0.29) is 11.6 Å². The highest BCUT2D eigenvalue weighted by molar-refractivity contribution is 8.00. The van der Waals surface area contributed by atoms with Crippen LogP contribution in [0.5, 0.6) is 0 Å². The predicted octanol–water partition coefficient (Wildman–Crippen LogP) is 2.30. The van der Waals surface area contributed by atoms with E-state index in [2.05, 4.69) is 15.6 Å². The van der Waals surface area contributed by atoms with E-state index in [0.717, 1.165) is 18.2 Å². The molecule has 0 aliphatic carbocycles. The second-order valence-corrected chi connectivity index (χ2v) is 6.98. The molecule has 1 aromatic carbocycles. The number of hydrogen-bond donors (Lipinski definition) is 2. The molecule has 0 bridgehead atoms. The van der Waals surface area contributed by atoms with Crippen molar-refractivity contribution in [2.24, 2.45) is 0 Å². The van der Waals surface area contributed by atoms with Gasteiger partial charge in [0.2, 0.25) is 5.91 Å². The first-order valence-corrected chi connectivity index (χ1v) is 8.97. The van der Waals surface area contributed by atoms with Crippen LogP contribution in [0.3, 0.4) is 0 Å². The molecule has 0 saturated heterocycles. The number of hydrogen-bond acceptors (Lipinski definition) is 5. The summed E-state index contributed by atoms with van der Waals surface area (Å²) in [6, 6.07) is 6.53. The van der Waals surface area contributed by atoms with Crippen LogP contribution in [0.1, 0.15) is 33.2 Å². The number of amides is 3. The third-order valence-corrected chi connectivity index (χ3v) is 4.99. The number of urea groups is 1. The van der Waals surface area contributed by atoms with Crippen molar-refractivity contribution in [1.29, 1.82) is 0 Å². The Morgan fingerprint density at radius 1 is 1.28 bits per heavy atom. The number of rotatable bonds is 5. The van der Waals surface area contributed by atoms with Gasteiger partial charge in [-0.05, 0) is 32.4 Å². The van der Waals surface area contributed by atoms with Crippen molar-refractivity contribution in [3.05, 3.63) is 34.6 Å². The lowest BCUT2D eigenvalue weighted by Gasteiger charge is -2.20. The molecule has 7 nitrogen and oxygen atoms in total. The second-order valence-electron chi connectivity index (χ2n) is 5.67. The van der Waals surface area contributed by atoms with Gasteiger partial charge >= 0.3 is 6.03 Å². The zero-order chi connectivity index (χ0) is 18.6. The molecule has 0 saturated carbocycles. The van der Waals surface area contributed by atoms with Crippen LogP contribution < -0.4 is 16.2 Å². The number of imide groups is 1. The van der Waals surface area contributed by atoms with Gasteiger partial charge in [-0.15, -0.1) is 0 Å². The molecule has 1 heterocycles. The van der Waals surface area contributed by atoms with Crippen LogP contribution in [0.15, 0.2) is 34.2 Å². The zero-order valence-corrected chi connectivity index (χ0v) is 15.5. The molecule has 2 rings (SSSR count). The number of aromatic nitrogens is 2. The standard InChI is InChI=1S/C17H22N4O3S/c1-5-10(2)21-15(23)12-8-6-7-9-13(12)19-17(21)25-11(3)14(22)20-16(24)18-4/h6-11H,5H2,1-4H3,(H2,18,20,22,24)/t10-,11-/m0/s1. The summed E-state index contributed by atoms with van der Waals surface area (Å²) in [5, 5.41) is 5.01. The Hall–Kier alpha value is -2.35. The highest BCUT2D eigenvalue weighted by Gasteiger charge is 2.22. The molecule has 134 valence electrons. The van der Waals surface area contributed by atoms with Crippen molar-refractivity contribution in [3.63, 3.8) is 0 Å². The minimum Gasteiger partial charge on any atom is -0.341 e. The summed E-state index contributed by atoms with van der Waals surface area (Å²) in [5.74, 6) is -0.442. The molecule has 1 aromatic heterocycles. The molecule has 0 fully saturated rings. The molecule has 0 spiro atoms. The summed E-state index contributed by atoms with van der Waals surface area (Å²) in [4.78, 5) is 40.9. The van der Waals surface area contributed by atoms with Gasteiger partial charge in [0.1, 0.15) is 0 Å². The SMILES string of the molecule is CC[C@H](C)n1c(S[C@@H](C)C(=O)NC(=O)NC)nc2ccccc2c1=O. The molecule has 2 N–H and O–H groups in total. The smallest absolute Gasteiger partial charge is 0.321 e. The third-order valence-electron chi connectivity index (χ3n) is 3.92. The van der Waals surface area contributed by atoms with E-state index in [1.807, 2.05) is 19.9 Å². The summed E-state index contributed by atoms with van der Waals surface area (Å²) in [6.07, 6.45) is 0.756. The molecular weight excluding hydrogens is 340 g/mol. The van der Waals surface area contributed by atoms with Gasteiger partial charge in [0.05, 0.1) is 16.2 Å². The quantitative estimate of drug-likeness (QED) is 0.629. The Bertz CT molecular complexity index is 849. The Morgan fingerprint density at radius 2 is 1.96 bits per heavy atom. The number of nitrogens with one attached hydrogen (secondary N) is 2. The maximum absolute atomic E-state index is 12.9. The first-order chi connectivity index (χ1) is 11.9. The van der Waals surface area contributed by atoms with Crippen molar-refractivity contribution >= 4 is 34.6 Å². The van der Waals surface area contributed by atoms with E-state index in [4.69, 9.17) is 0 Å². The third kappa shape index (κ3) is 4.19. The molecule has 2 atom stereocenters. The number of para-hydroxylation sites is 1. The fourth-order valence-corrected chi connectivity index (χ4v) is 3.28. The first kappa shape index (κ1) is 19.0. The maximum atomic E-state index is 12.9. The summed E-state index contributed by atoms with van der Waals surface area (Å²) in [5.41, 5.74) is 0.467. The summed E-state index contributed by atoms with van der Waals surface area (Å²) < 4.78 is 1.62. The van der Waals surface area contributed by atoms with Gasteiger partial charge in [0, 0.05) is 13.1 Å². The molecule has 0 unspecified atom stereocenters. The van der Waals surface area contributed by atoms with E-state index in [0.29, 0.717) is 16.1 Å². The second kappa shape index (κ2) is 8.15. The van der Waals surface area contributed by atoms with Crippen molar-refractivity contribution in [2.45, 2.75) is 43.6 Å². The Morgan fingerprint density at radius 3 is 2.60 bits per heavy atom. The molecule has 0 aliphatic heterocycles. The zero-order valence-electron chi connectivity index (χ0n) is 14.7. The number of fused-ring (bicyclic) bond motifs is 1. The van der Waals surface area contributed by atoms with Crippen molar-refractivity contribution < 1.29 is 9.59 Å². The number of benzene rings is 1. The lowest BCUT2D eigenvalue weighted by atomic mass is 10.2. The topological polar surface area (TPSA) is 93.1 Å². The number of nitrogens with zero attached hydrogens (tertiary/aromatic N) is 2. The van der Waals surface area contributed by atoms with Crippen molar-refractivity contribution in [2.75, 3.05) is 7.05 Å². The molecule has 3 amide bonds. The van der Waals surface area contributed by atoms with Gasteiger partial charge in [-0.25, -0.2) is 9.78 Å². The summed E-state index contributed by atoms with van der Waals surface area (Å²) >= 11 is 1.16. The van der Waals surface area contributed by atoms with Crippen molar-refractivity contribution in [1.82, 2.24) is 20.2 Å². The highest BCUT2D eigenvalue weighted by Crippen LogP contribution is 2.25. The van der Waals surface area contributed by atoms with E-state index >= 15 is 0 Å². The molecule has 0 radical (unpaired) electrons. The highest BCUT2D eigenvalue weighted by atomic mass is 32.2. The largest absolute Gasteiger partial charge is 0.341 e. The van der Waals surface area contributed by atoms with Gasteiger partial charge < -0.3 is 5.32 Å². The van der Waals surface area contributed by atoms with Gasteiger partial charge in [-0.1, -0.05) is 30.8 Å². The minimum absolute atomic E-state index is 0.0543. The van der Waals surface area contributed by atoms with Crippen LogP contribution >= 0.6 is 11.8 Å². The number of carbonyl (C=O) groups is 2. The summed E-state index contributed by atoms with van der Waals surface area (Å²) in [6.45, 7) is 5.60. The van der Waals surface area contributed by atoms with Crippen LogP contribution in [-0.4, -0.2) is 33.8 Å². The molecule has 2 aromatic rings.